The van der Waals surface area contributed by atoms with Crippen molar-refractivity contribution in [2.24, 2.45) is 0 Å². The number of nitrogens with one attached hydrogen (secondary N) is 1. The van der Waals surface area contributed by atoms with Gasteiger partial charge >= 0.3 is 0 Å². The number of unbranched alkanes of at least 4 members (excludes halogenated alkanes) is 1. The summed E-state index contributed by atoms with van der Waals surface area (Å²) in [5.41, 5.74) is 2.44. The summed E-state index contributed by atoms with van der Waals surface area (Å²) in [6.45, 7) is 9.47. The molecule has 0 spiro atoms. The van der Waals surface area contributed by atoms with Crippen molar-refractivity contribution in [2.45, 2.75) is 77.2 Å². The zero-order valence-corrected chi connectivity index (χ0v) is 21.7. The van der Waals surface area contributed by atoms with Crippen molar-refractivity contribution in [1.82, 2.24) is 20.0 Å². The first-order valence-corrected chi connectivity index (χ1v) is 13.4. The van der Waals surface area contributed by atoms with Gasteiger partial charge < -0.3 is 14.8 Å². The molecule has 192 valence electrons. The summed E-state index contributed by atoms with van der Waals surface area (Å²) >= 11 is 0. The molecule has 5 rings (SSSR count). The Morgan fingerprint density at radius 1 is 1.11 bits per heavy atom. The summed E-state index contributed by atoms with van der Waals surface area (Å²) in [5.74, 6) is 0.637. The second-order valence-electron chi connectivity index (χ2n) is 10.4. The Labute approximate surface area is 213 Å². The van der Waals surface area contributed by atoms with Crippen molar-refractivity contribution in [2.75, 3.05) is 19.8 Å². The van der Waals surface area contributed by atoms with Crippen molar-refractivity contribution in [3.8, 4) is 5.75 Å². The van der Waals surface area contributed by atoms with Gasteiger partial charge in [-0.25, -0.2) is 0 Å². The van der Waals surface area contributed by atoms with Gasteiger partial charge in [-0.05, 0) is 51.3 Å². The van der Waals surface area contributed by atoms with Gasteiger partial charge in [0, 0.05) is 29.6 Å². The highest BCUT2D eigenvalue weighted by Gasteiger charge is 2.39. The van der Waals surface area contributed by atoms with E-state index in [-0.39, 0.29) is 18.0 Å². The maximum atomic E-state index is 13.6. The number of amides is 1. The number of ether oxygens (including phenoxy) is 2. The Hall–Kier alpha value is -2.90. The van der Waals surface area contributed by atoms with Crippen molar-refractivity contribution < 1.29 is 14.3 Å². The van der Waals surface area contributed by atoms with Crippen LogP contribution in [-0.2, 0) is 11.3 Å². The van der Waals surface area contributed by atoms with Crippen LogP contribution in [0.5, 0.6) is 5.75 Å². The summed E-state index contributed by atoms with van der Waals surface area (Å²) in [7, 11) is 0. The highest BCUT2D eigenvalue weighted by atomic mass is 16.5. The first kappa shape index (κ1) is 24.8. The summed E-state index contributed by atoms with van der Waals surface area (Å²) in [4.78, 5) is 16.2. The minimum absolute atomic E-state index is 0.0915. The van der Waals surface area contributed by atoms with Gasteiger partial charge in [-0.2, -0.15) is 5.10 Å². The van der Waals surface area contributed by atoms with E-state index in [2.05, 4.69) is 31.0 Å². The molecular weight excluding hydrogens is 452 g/mol. The van der Waals surface area contributed by atoms with Crippen molar-refractivity contribution >= 4 is 16.8 Å². The Bertz CT molecular complexity index is 1160. The van der Waals surface area contributed by atoms with Crippen LogP contribution >= 0.6 is 0 Å². The molecule has 0 radical (unpaired) electrons. The number of para-hydroxylation sites is 1. The number of nitrogens with zero attached hydrogens (tertiary/aromatic N) is 3. The normalized spacial score (nSPS) is 22.2. The Morgan fingerprint density at radius 2 is 1.86 bits per heavy atom. The molecule has 0 saturated carbocycles. The molecule has 7 nitrogen and oxygen atoms in total. The van der Waals surface area contributed by atoms with E-state index >= 15 is 0 Å². The molecule has 36 heavy (non-hydrogen) atoms. The fraction of sp³-hybridized carbons (Fsp3) is 0.517. The quantitative estimate of drug-likeness (QED) is 0.459. The molecule has 1 amide bonds. The zero-order chi connectivity index (χ0) is 25.1. The molecule has 7 heteroatoms. The lowest BCUT2D eigenvalue weighted by Gasteiger charge is -2.48. The third-order valence-corrected chi connectivity index (χ3v) is 7.41. The van der Waals surface area contributed by atoms with Crippen LogP contribution in [0, 0.1) is 0 Å². The van der Waals surface area contributed by atoms with E-state index in [9.17, 15) is 4.79 Å². The van der Waals surface area contributed by atoms with E-state index in [1.165, 1.54) is 12.8 Å². The van der Waals surface area contributed by atoms with E-state index in [0.29, 0.717) is 24.4 Å². The zero-order valence-electron chi connectivity index (χ0n) is 21.7. The van der Waals surface area contributed by atoms with Gasteiger partial charge in [-0.15, -0.1) is 0 Å². The van der Waals surface area contributed by atoms with Crippen LogP contribution in [0.3, 0.4) is 0 Å². The predicted molar refractivity (Wildman–Crippen MR) is 141 cm³/mol. The fourth-order valence-electron chi connectivity index (χ4n) is 5.62. The molecule has 2 bridgehead atoms. The summed E-state index contributed by atoms with van der Waals surface area (Å²) in [6, 6.07) is 17.0. The topological polar surface area (TPSA) is 68.6 Å². The average molecular weight is 491 g/mol. The molecule has 2 saturated heterocycles. The van der Waals surface area contributed by atoms with E-state index < -0.39 is 0 Å². The molecule has 2 aliphatic rings. The smallest absolute Gasteiger partial charge is 0.272 e. The van der Waals surface area contributed by atoms with Crippen LogP contribution in [0.15, 0.2) is 48.5 Å². The van der Waals surface area contributed by atoms with Gasteiger partial charge in [-0.3, -0.25) is 14.4 Å². The van der Waals surface area contributed by atoms with E-state index in [1.54, 1.807) is 0 Å². The minimum Gasteiger partial charge on any atom is -0.487 e. The molecule has 3 aromatic rings. The molecule has 3 heterocycles. The Morgan fingerprint density at radius 3 is 2.56 bits per heavy atom. The number of aromatic nitrogens is 2. The first-order chi connectivity index (χ1) is 17.5. The third-order valence-electron chi connectivity index (χ3n) is 7.41. The molecule has 2 atom stereocenters. The summed E-state index contributed by atoms with van der Waals surface area (Å²) < 4.78 is 14.0. The summed E-state index contributed by atoms with van der Waals surface area (Å²) in [5, 5.41) is 8.94. The Balaban J connectivity index is 1.36. The number of fused-ring (bicyclic) bond motifs is 3. The number of rotatable bonds is 9. The summed E-state index contributed by atoms with van der Waals surface area (Å²) in [6.07, 6.45) is 4.23. The number of carbonyl (C=O) groups is 1. The van der Waals surface area contributed by atoms with Gasteiger partial charge in [0.15, 0.2) is 5.69 Å². The van der Waals surface area contributed by atoms with Gasteiger partial charge in [0.05, 0.1) is 13.2 Å². The molecule has 2 aliphatic heterocycles. The van der Waals surface area contributed by atoms with Gasteiger partial charge in [0.25, 0.3) is 5.91 Å². The molecule has 2 fully saturated rings. The lowest BCUT2D eigenvalue weighted by molar-refractivity contribution is -0.0802. The monoisotopic (exact) mass is 490 g/mol. The van der Waals surface area contributed by atoms with E-state index in [4.69, 9.17) is 14.6 Å². The number of hydrogen-bond acceptors (Lipinski definition) is 5. The van der Waals surface area contributed by atoms with Gasteiger partial charge in [-0.1, -0.05) is 55.8 Å². The van der Waals surface area contributed by atoms with Crippen molar-refractivity contribution in [3.05, 3.63) is 59.8 Å². The van der Waals surface area contributed by atoms with Crippen LogP contribution in [-0.4, -0.2) is 58.5 Å². The largest absolute Gasteiger partial charge is 0.487 e. The second kappa shape index (κ2) is 11.0. The lowest BCUT2D eigenvalue weighted by atomic mass is 9.89. The standard InChI is InChI=1S/C29H38N4O3/c1-4-5-14-32-23-15-22(16-24(32)19-35-18-23)30-29(34)27-25-12-9-13-26(28(25)33(31-27)20(2)3)36-17-21-10-7-6-8-11-21/h6-13,20,22-24H,4-5,14-19H2,1-3H3,(H,30,34). The molecule has 1 aromatic heterocycles. The maximum Gasteiger partial charge on any atom is 0.272 e. The highest BCUT2D eigenvalue weighted by molar-refractivity contribution is 6.06. The number of piperidine rings is 1. The highest BCUT2D eigenvalue weighted by Crippen LogP contribution is 2.32. The van der Waals surface area contributed by atoms with Crippen molar-refractivity contribution in [3.63, 3.8) is 0 Å². The number of carbonyl (C=O) groups excluding carboxylic acids is 1. The van der Waals surface area contributed by atoms with E-state index in [0.717, 1.165) is 54.8 Å². The van der Waals surface area contributed by atoms with Gasteiger partial charge in [0.1, 0.15) is 17.9 Å². The minimum atomic E-state index is -0.106. The van der Waals surface area contributed by atoms with Gasteiger partial charge in [0.2, 0.25) is 0 Å². The first-order valence-electron chi connectivity index (χ1n) is 13.4. The molecule has 2 unspecified atom stereocenters. The second-order valence-corrected chi connectivity index (χ2v) is 10.4. The number of morpholine rings is 1. The van der Waals surface area contributed by atoms with E-state index in [1.807, 2.05) is 53.2 Å². The molecule has 1 N–H and O–H groups in total. The maximum absolute atomic E-state index is 13.6. The SMILES string of the molecule is CCCCN1C2COCC1CC(NC(=O)c1nn(C(C)C)c3c(OCc4ccccc4)cccc13)C2. The van der Waals surface area contributed by atoms with Crippen LogP contribution in [0.2, 0.25) is 0 Å². The van der Waals surface area contributed by atoms with Crippen molar-refractivity contribution in [1.29, 1.82) is 0 Å². The molecule has 2 aromatic carbocycles. The predicted octanol–water partition coefficient (Wildman–Crippen LogP) is 4.96. The van der Waals surface area contributed by atoms with Crippen LogP contribution in [0.4, 0.5) is 0 Å². The fourth-order valence-corrected chi connectivity index (χ4v) is 5.62. The number of hydrogen-bond donors (Lipinski definition) is 1. The van der Waals surface area contributed by atoms with Crippen LogP contribution in [0.1, 0.15) is 68.5 Å². The number of benzene rings is 2. The van der Waals surface area contributed by atoms with Crippen LogP contribution in [0.25, 0.3) is 10.9 Å². The molecular formula is C29H38N4O3. The molecule has 0 aliphatic carbocycles. The third kappa shape index (κ3) is 5.13. The lowest BCUT2D eigenvalue weighted by Crippen LogP contribution is -2.60. The average Bonchev–Trinajstić information content (AvgIpc) is 3.28. The Kier molecular flexibility index (Phi) is 7.58. The van der Waals surface area contributed by atoms with Crippen LogP contribution < -0.4 is 10.1 Å².